The van der Waals surface area contributed by atoms with Gasteiger partial charge in [-0.05, 0) is 47.0 Å². The molecule has 0 spiro atoms. The summed E-state index contributed by atoms with van der Waals surface area (Å²) in [6.07, 6.45) is 0. The van der Waals surface area contributed by atoms with E-state index in [0.29, 0.717) is 5.58 Å². The third-order valence-corrected chi connectivity index (χ3v) is 7.12. The smallest absolute Gasteiger partial charge is 0.250 e. The summed E-state index contributed by atoms with van der Waals surface area (Å²) in [4.78, 5) is 0. The summed E-state index contributed by atoms with van der Waals surface area (Å²) in [5, 5.41) is 4.58. The fourth-order valence-electron chi connectivity index (χ4n) is 3.04. The molecule has 0 N–H and O–H groups in total. The number of para-hydroxylation sites is 1. The van der Waals surface area contributed by atoms with Gasteiger partial charge in [0.15, 0.2) is 16.2 Å². The minimum atomic E-state index is -1.74. The van der Waals surface area contributed by atoms with Crippen LogP contribution in [0.25, 0.3) is 21.5 Å². The first-order valence-electron chi connectivity index (χ1n) is 9.15. The van der Waals surface area contributed by atoms with E-state index in [1.807, 2.05) is 109 Å². The molecule has 1 atom stereocenters. The lowest BCUT2D eigenvalue weighted by Crippen LogP contribution is -2.04. The van der Waals surface area contributed by atoms with Crippen LogP contribution in [0.4, 0.5) is 0 Å². The summed E-state index contributed by atoms with van der Waals surface area (Å²) in [6, 6.07) is 34.4. The largest absolute Gasteiger partial charge is 0.597 e. The number of hydrogen-bond acceptors (Lipinski definition) is 3. The second kappa shape index (κ2) is 10.1. The summed E-state index contributed by atoms with van der Waals surface area (Å²) in [6.45, 7) is 0. The summed E-state index contributed by atoms with van der Waals surface area (Å²) in [5.74, 6) is 0. The Morgan fingerprint density at radius 2 is 1.07 bits per heavy atom. The van der Waals surface area contributed by atoms with E-state index >= 15 is 0 Å². The molecule has 0 saturated heterocycles. The molecule has 1 unspecified atom stereocenters. The maximum atomic E-state index is 12.0. The van der Waals surface area contributed by atoms with Crippen LogP contribution in [0.2, 0.25) is 0 Å². The number of rotatable bonds is 2. The Labute approximate surface area is 177 Å². The van der Waals surface area contributed by atoms with Gasteiger partial charge in [0.05, 0.1) is 0 Å². The van der Waals surface area contributed by atoms with Gasteiger partial charge in [-0.15, -0.1) is 0 Å². The molecule has 5 aromatic rings. The van der Waals surface area contributed by atoms with Gasteiger partial charge in [0.2, 0.25) is 5.12 Å². The van der Waals surface area contributed by atoms with Crippen molar-refractivity contribution in [2.24, 2.45) is 0 Å². The quantitative estimate of drug-likeness (QED) is 0.215. The highest BCUT2D eigenvalue weighted by Crippen LogP contribution is 2.34. The van der Waals surface area contributed by atoms with Gasteiger partial charge in [0.1, 0.15) is 0 Å². The molecule has 30 heavy (non-hydrogen) atoms. The second-order valence-corrected chi connectivity index (χ2v) is 9.13. The average molecular weight is 432 g/mol. The zero-order valence-corrected chi connectivity index (χ0v) is 17.3. The molecule has 0 aliphatic heterocycles. The SMILES string of the molecule is C.O=[P+](c1ccccc1)c1ccccc1.O=[p+]1oc2ccccc2c2ccccc21. The minimum Gasteiger partial charge on any atom is -0.250 e. The van der Waals surface area contributed by atoms with Crippen molar-refractivity contribution in [3.05, 3.63) is 109 Å². The van der Waals surface area contributed by atoms with Crippen molar-refractivity contribution in [3.63, 3.8) is 0 Å². The summed E-state index contributed by atoms with van der Waals surface area (Å²) < 4.78 is 29.1. The van der Waals surface area contributed by atoms with Gasteiger partial charge in [-0.2, -0.15) is 0 Å². The van der Waals surface area contributed by atoms with E-state index in [2.05, 4.69) is 0 Å². The number of benzene rings is 4. The van der Waals surface area contributed by atoms with Crippen molar-refractivity contribution in [2.75, 3.05) is 0 Å². The Bertz CT molecular complexity index is 1290. The summed E-state index contributed by atoms with van der Waals surface area (Å²) in [5.41, 5.74) is 0.706. The van der Waals surface area contributed by atoms with Gasteiger partial charge in [-0.25, -0.2) is 4.20 Å². The lowest BCUT2D eigenvalue weighted by Gasteiger charge is -1.94. The monoisotopic (exact) mass is 432 g/mol. The maximum Gasteiger partial charge on any atom is 0.597 e. The molecule has 0 radical (unpaired) electrons. The van der Waals surface area contributed by atoms with E-state index in [1.54, 1.807) is 0 Å². The molecule has 4 aromatic carbocycles. The molecule has 5 rings (SSSR count). The van der Waals surface area contributed by atoms with E-state index in [0.717, 1.165) is 26.5 Å². The van der Waals surface area contributed by atoms with Crippen molar-refractivity contribution in [1.82, 2.24) is 0 Å². The number of fused-ring (bicyclic) bond motifs is 3. The normalized spacial score (nSPS) is 10.6. The van der Waals surface area contributed by atoms with Gasteiger partial charge in [-0.1, -0.05) is 78.7 Å². The van der Waals surface area contributed by atoms with Gasteiger partial charge < -0.3 is 0 Å². The predicted molar refractivity (Wildman–Crippen MR) is 128 cm³/mol. The van der Waals surface area contributed by atoms with Crippen molar-refractivity contribution in [2.45, 2.75) is 7.43 Å². The van der Waals surface area contributed by atoms with Gasteiger partial charge >= 0.3 is 15.5 Å². The Kier molecular flexibility index (Phi) is 7.25. The van der Waals surface area contributed by atoms with Crippen LogP contribution in [0.1, 0.15) is 7.43 Å². The van der Waals surface area contributed by atoms with Crippen LogP contribution in [0.3, 0.4) is 0 Å². The zero-order valence-electron chi connectivity index (χ0n) is 15.5. The Morgan fingerprint density at radius 3 is 1.67 bits per heavy atom. The van der Waals surface area contributed by atoms with Crippen molar-refractivity contribution >= 4 is 47.5 Å². The molecule has 0 saturated carbocycles. The second-order valence-electron chi connectivity index (χ2n) is 6.33. The first-order valence-corrected chi connectivity index (χ1v) is 11.6. The van der Waals surface area contributed by atoms with Crippen LogP contribution < -0.4 is 10.6 Å². The first kappa shape index (κ1) is 21.6. The highest BCUT2D eigenvalue weighted by atomic mass is 31.1. The molecular weight excluding hydrogens is 410 g/mol. The molecule has 1 aromatic heterocycles. The van der Waals surface area contributed by atoms with Crippen molar-refractivity contribution in [3.8, 4) is 0 Å². The fourth-order valence-corrected chi connectivity index (χ4v) is 5.26. The Balaban J connectivity index is 0.000000166. The van der Waals surface area contributed by atoms with Gasteiger partial charge in [0, 0.05) is 10.8 Å². The van der Waals surface area contributed by atoms with Crippen LogP contribution in [0.15, 0.2) is 113 Å². The number of hydrogen-bond donors (Lipinski definition) is 0. The highest BCUT2D eigenvalue weighted by Gasteiger charge is 2.21. The maximum absolute atomic E-state index is 12.0. The molecule has 0 amide bonds. The van der Waals surface area contributed by atoms with Crippen molar-refractivity contribution < 1.29 is 13.3 Å². The molecule has 0 aliphatic rings. The van der Waals surface area contributed by atoms with Crippen molar-refractivity contribution in [1.29, 1.82) is 0 Å². The van der Waals surface area contributed by atoms with Crippen LogP contribution in [0, 0.1) is 0 Å². The van der Waals surface area contributed by atoms with Crippen LogP contribution in [0.5, 0.6) is 0 Å². The van der Waals surface area contributed by atoms with Crippen LogP contribution in [-0.2, 0) is 9.13 Å². The molecular formula is C25H22O3P2+2. The molecule has 1 heterocycles. The molecule has 0 bridgehead atoms. The van der Waals surface area contributed by atoms with Gasteiger partial charge in [-0.3, -0.25) is 0 Å². The summed E-state index contributed by atoms with van der Waals surface area (Å²) in [7, 11) is -3.16. The Morgan fingerprint density at radius 1 is 0.600 bits per heavy atom. The van der Waals surface area contributed by atoms with E-state index < -0.39 is 15.5 Å². The topological polar surface area (TPSA) is 47.3 Å². The third-order valence-electron chi connectivity index (χ3n) is 4.44. The van der Waals surface area contributed by atoms with E-state index in [1.165, 1.54) is 0 Å². The predicted octanol–water partition coefficient (Wildman–Crippen LogP) is 7.43. The molecule has 148 valence electrons. The molecule has 0 fully saturated rings. The van der Waals surface area contributed by atoms with Gasteiger partial charge in [0.25, 0.3) is 0 Å². The summed E-state index contributed by atoms with van der Waals surface area (Å²) >= 11 is 0. The fraction of sp³-hybridized carbons (Fsp3) is 0.0400. The lowest BCUT2D eigenvalue weighted by molar-refractivity contribution is 0.563. The van der Waals surface area contributed by atoms with E-state index in [-0.39, 0.29) is 7.43 Å². The zero-order chi connectivity index (χ0) is 20.1. The molecule has 0 aliphatic carbocycles. The third kappa shape index (κ3) is 4.71. The highest BCUT2D eigenvalue weighted by molar-refractivity contribution is 7.61. The van der Waals surface area contributed by atoms with Crippen LogP contribution in [-0.4, -0.2) is 0 Å². The standard InChI is InChI=1S/C12H8O2P.C12H10OP.CH4/c13-15-12-8-4-2-6-10(12)9-5-1-3-7-11(9)14-15;13-14(11-7-3-1-4-8-11)12-9-5-2-6-10-12;/h1-8H;1-10H;1H4/q2*+1;. The molecule has 5 heteroatoms. The minimum absolute atomic E-state index is 0. The lowest BCUT2D eigenvalue weighted by atomic mass is 10.1. The average Bonchev–Trinajstić information content (AvgIpc) is 2.80. The van der Waals surface area contributed by atoms with Crippen LogP contribution >= 0.6 is 15.5 Å². The van der Waals surface area contributed by atoms with E-state index in [9.17, 15) is 9.13 Å². The van der Waals surface area contributed by atoms with E-state index in [4.69, 9.17) is 4.20 Å². The molecule has 3 nitrogen and oxygen atoms in total. The Hall–Kier alpha value is -3.12. The first-order chi connectivity index (χ1) is 14.2.